The van der Waals surface area contributed by atoms with E-state index in [0.29, 0.717) is 24.9 Å². The Hall–Kier alpha value is -1.55. The van der Waals surface area contributed by atoms with E-state index in [4.69, 9.17) is 16.7 Å². The van der Waals surface area contributed by atoms with Crippen molar-refractivity contribution >= 4 is 23.5 Å². The maximum absolute atomic E-state index is 11.6. The van der Waals surface area contributed by atoms with Crippen LogP contribution >= 0.6 is 11.6 Å². The van der Waals surface area contributed by atoms with E-state index < -0.39 is 11.3 Å². The van der Waals surface area contributed by atoms with Gasteiger partial charge in [0.05, 0.1) is 0 Å². The zero-order valence-corrected chi connectivity index (χ0v) is 10.7. The van der Waals surface area contributed by atoms with Gasteiger partial charge in [-0.1, -0.05) is 18.2 Å². The van der Waals surface area contributed by atoms with Crippen molar-refractivity contribution < 1.29 is 14.7 Å². The van der Waals surface area contributed by atoms with Gasteiger partial charge in [-0.25, -0.2) is 0 Å². The predicted octanol–water partition coefficient (Wildman–Crippen LogP) is 2.28. The molecule has 0 fully saturated rings. The third kappa shape index (κ3) is 5.19. The topological polar surface area (TPSA) is 66.4 Å². The van der Waals surface area contributed by atoms with Crippen LogP contribution in [0.15, 0.2) is 30.3 Å². The number of alkyl halides is 1. The van der Waals surface area contributed by atoms with Crippen molar-refractivity contribution in [3.8, 4) is 0 Å². The molecule has 1 amide bonds. The maximum Gasteiger partial charge on any atom is 0.321 e. The number of nitrogens with one attached hydrogen (secondary N) is 1. The van der Waals surface area contributed by atoms with Crippen molar-refractivity contribution in [3.05, 3.63) is 35.9 Å². The van der Waals surface area contributed by atoms with Crippen molar-refractivity contribution in [1.29, 1.82) is 0 Å². The normalized spacial score (nSPS) is 11.8. The van der Waals surface area contributed by atoms with Gasteiger partial charge < -0.3 is 10.4 Å². The minimum absolute atomic E-state index is 0.115. The highest BCUT2D eigenvalue weighted by Crippen LogP contribution is 2.07. The Bertz CT molecular complexity index is 394. The van der Waals surface area contributed by atoms with Crippen LogP contribution in [0.1, 0.15) is 29.6 Å². The van der Waals surface area contributed by atoms with Crippen molar-refractivity contribution in [2.75, 3.05) is 6.54 Å². The summed E-state index contributed by atoms with van der Waals surface area (Å²) >= 11 is 5.57. The van der Waals surface area contributed by atoms with Crippen molar-refractivity contribution in [1.82, 2.24) is 5.32 Å². The van der Waals surface area contributed by atoms with Gasteiger partial charge in [-0.2, -0.15) is 0 Å². The summed E-state index contributed by atoms with van der Waals surface area (Å²) in [6.45, 7) is 0.525. The lowest BCUT2D eigenvalue weighted by Gasteiger charge is -2.06. The number of carboxylic acid groups (broad SMARTS) is 1. The van der Waals surface area contributed by atoms with Crippen LogP contribution < -0.4 is 5.32 Å². The van der Waals surface area contributed by atoms with Crippen LogP contribution in [0.25, 0.3) is 0 Å². The van der Waals surface area contributed by atoms with E-state index in [0.717, 1.165) is 6.42 Å². The van der Waals surface area contributed by atoms with E-state index in [2.05, 4.69) is 5.32 Å². The molecule has 98 valence electrons. The molecule has 1 aromatic rings. The molecular weight excluding hydrogens is 254 g/mol. The molecule has 0 aromatic heterocycles. The second-order valence-corrected chi connectivity index (χ2v) is 4.45. The highest BCUT2D eigenvalue weighted by Gasteiger charge is 2.12. The molecule has 0 aliphatic heterocycles. The van der Waals surface area contributed by atoms with E-state index in [1.54, 1.807) is 24.3 Å². The van der Waals surface area contributed by atoms with E-state index in [1.807, 2.05) is 6.07 Å². The number of carbonyl (C=O) groups is 2. The third-order valence-electron chi connectivity index (χ3n) is 2.47. The predicted molar refractivity (Wildman–Crippen MR) is 69.9 cm³/mol. The number of unbranched alkanes of at least 4 members (excludes halogenated alkanes) is 1. The number of hydrogen-bond acceptors (Lipinski definition) is 2. The Kier molecular flexibility index (Phi) is 6.22. The maximum atomic E-state index is 11.6. The number of rotatable bonds is 7. The van der Waals surface area contributed by atoms with Crippen LogP contribution in [0.5, 0.6) is 0 Å². The Morgan fingerprint density at radius 1 is 1.22 bits per heavy atom. The van der Waals surface area contributed by atoms with Crippen LogP contribution in [0.3, 0.4) is 0 Å². The smallest absolute Gasteiger partial charge is 0.321 e. The zero-order chi connectivity index (χ0) is 13.4. The summed E-state index contributed by atoms with van der Waals surface area (Å²) in [5, 5.41) is 10.5. The SMILES string of the molecule is O=C(NCCCC[C@@H](Cl)C(=O)O)c1ccccc1. The molecule has 1 atom stereocenters. The molecule has 0 bridgehead atoms. The van der Waals surface area contributed by atoms with Gasteiger partial charge in [-0.15, -0.1) is 11.6 Å². The fraction of sp³-hybridized carbons (Fsp3) is 0.385. The van der Waals surface area contributed by atoms with Gasteiger partial charge in [-0.3, -0.25) is 9.59 Å². The third-order valence-corrected chi connectivity index (χ3v) is 2.88. The minimum atomic E-state index is -0.995. The summed E-state index contributed by atoms with van der Waals surface area (Å²) in [5.41, 5.74) is 0.623. The summed E-state index contributed by atoms with van der Waals surface area (Å²) in [4.78, 5) is 22.1. The van der Waals surface area contributed by atoms with E-state index >= 15 is 0 Å². The lowest BCUT2D eigenvalue weighted by atomic mass is 10.2. The molecule has 0 unspecified atom stereocenters. The zero-order valence-electron chi connectivity index (χ0n) is 9.93. The Balaban J connectivity index is 2.15. The lowest BCUT2D eigenvalue weighted by Crippen LogP contribution is -2.24. The summed E-state index contributed by atoms with van der Waals surface area (Å²) < 4.78 is 0. The van der Waals surface area contributed by atoms with Crippen LogP contribution in [0, 0.1) is 0 Å². The molecule has 18 heavy (non-hydrogen) atoms. The summed E-state index contributed by atoms with van der Waals surface area (Å²) in [6, 6.07) is 8.95. The lowest BCUT2D eigenvalue weighted by molar-refractivity contribution is -0.136. The van der Waals surface area contributed by atoms with Crippen molar-refractivity contribution in [3.63, 3.8) is 0 Å². The molecule has 0 radical (unpaired) electrons. The van der Waals surface area contributed by atoms with Crippen LogP contribution in [-0.4, -0.2) is 28.9 Å². The molecule has 4 nitrogen and oxygen atoms in total. The number of halogens is 1. The molecule has 1 rings (SSSR count). The number of aliphatic carboxylic acids is 1. The van der Waals surface area contributed by atoms with Crippen LogP contribution in [-0.2, 0) is 4.79 Å². The molecule has 0 saturated carbocycles. The highest BCUT2D eigenvalue weighted by molar-refractivity contribution is 6.29. The molecule has 0 aliphatic carbocycles. The first-order valence-corrected chi connectivity index (χ1v) is 6.25. The molecular formula is C13H16ClNO3. The second kappa shape index (κ2) is 7.71. The largest absolute Gasteiger partial charge is 0.480 e. The molecule has 0 aliphatic rings. The van der Waals surface area contributed by atoms with Crippen LogP contribution in [0.2, 0.25) is 0 Å². The van der Waals surface area contributed by atoms with E-state index in [-0.39, 0.29) is 5.91 Å². The molecule has 0 heterocycles. The van der Waals surface area contributed by atoms with Crippen molar-refractivity contribution in [2.45, 2.75) is 24.6 Å². The van der Waals surface area contributed by atoms with E-state index in [1.165, 1.54) is 0 Å². The first-order chi connectivity index (χ1) is 8.61. The van der Waals surface area contributed by atoms with Gasteiger partial charge >= 0.3 is 5.97 Å². The minimum Gasteiger partial charge on any atom is -0.480 e. The standard InChI is InChI=1S/C13H16ClNO3/c14-11(13(17)18)8-4-5-9-15-12(16)10-6-2-1-3-7-10/h1-3,6-7,11H,4-5,8-9H2,(H,15,16)(H,17,18)/t11-/m1/s1. The molecule has 0 saturated heterocycles. The van der Waals surface area contributed by atoms with Gasteiger partial charge in [0.15, 0.2) is 0 Å². The fourth-order valence-electron chi connectivity index (χ4n) is 1.47. The Morgan fingerprint density at radius 2 is 1.89 bits per heavy atom. The number of benzene rings is 1. The summed E-state index contributed by atoms with van der Waals surface area (Å²) in [7, 11) is 0. The average molecular weight is 270 g/mol. The molecule has 0 spiro atoms. The molecule has 2 N–H and O–H groups in total. The summed E-state index contributed by atoms with van der Waals surface area (Å²) in [5.74, 6) is -1.11. The van der Waals surface area contributed by atoms with Crippen molar-refractivity contribution in [2.24, 2.45) is 0 Å². The average Bonchev–Trinajstić information content (AvgIpc) is 2.38. The first kappa shape index (κ1) is 14.5. The first-order valence-electron chi connectivity index (χ1n) is 5.81. The monoisotopic (exact) mass is 269 g/mol. The number of carboxylic acids is 1. The van der Waals surface area contributed by atoms with Gasteiger partial charge in [0.1, 0.15) is 5.38 Å². The Labute approximate surface area is 111 Å². The number of carbonyl (C=O) groups excluding carboxylic acids is 1. The van der Waals surface area contributed by atoms with E-state index in [9.17, 15) is 9.59 Å². The Morgan fingerprint density at radius 3 is 2.50 bits per heavy atom. The van der Waals surface area contributed by atoms with Gasteiger partial charge in [0, 0.05) is 12.1 Å². The number of amides is 1. The quantitative estimate of drug-likeness (QED) is 0.589. The second-order valence-electron chi connectivity index (χ2n) is 3.92. The molecule has 5 heteroatoms. The molecule has 1 aromatic carbocycles. The van der Waals surface area contributed by atoms with Gasteiger partial charge in [0.25, 0.3) is 5.91 Å². The van der Waals surface area contributed by atoms with Gasteiger partial charge in [0.2, 0.25) is 0 Å². The highest BCUT2D eigenvalue weighted by atomic mass is 35.5. The summed E-state index contributed by atoms with van der Waals surface area (Å²) in [6.07, 6.45) is 1.81. The van der Waals surface area contributed by atoms with Crippen LogP contribution in [0.4, 0.5) is 0 Å². The fourth-order valence-corrected chi connectivity index (χ4v) is 1.62. The van der Waals surface area contributed by atoms with Gasteiger partial charge in [-0.05, 0) is 31.4 Å². The number of hydrogen-bond donors (Lipinski definition) is 2.